The Kier molecular flexibility index (Phi) is 3.23. The summed E-state index contributed by atoms with van der Waals surface area (Å²) in [6.45, 7) is 0. The van der Waals surface area contributed by atoms with Gasteiger partial charge in [-0.05, 0) is 12.1 Å². The quantitative estimate of drug-likeness (QED) is 0.785. The summed E-state index contributed by atoms with van der Waals surface area (Å²) in [5.41, 5.74) is 2.10. The molecule has 0 aliphatic rings. The molecule has 0 unspecified atom stereocenters. The third-order valence-electron chi connectivity index (χ3n) is 2.86. The van der Waals surface area contributed by atoms with Crippen molar-refractivity contribution in [3.8, 4) is 22.6 Å². The standard InChI is InChI=1S/C14H11BrN4O/c1-19-8-10(7-16-19)12-6-13(20)18-14(17-12)9-2-4-11(15)5-3-9/h2-8H,1H3,(H,17,18,20). The summed E-state index contributed by atoms with van der Waals surface area (Å²) in [5, 5.41) is 4.09. The van der Waals surface area contributed by atoms with Crippen LogP contribution in [-0.4, -0.2) is 19.7 Å². The van der Waals surface area contributed by atoms with E-state index in [0.29, 0.717) is 11.5 Å². The Morgan fingerprint density at radius 2 is 1.95 bits per heavy atom. The third-order valence-corrected chi connectivity index (χ3v) is 3.39. The lowest BCUT2D eigenvalue weighted by Gasteiger charge is -2.03. The van der Waals surface area contributed by atoms with Crippen LogP contribution in [0.1, 0.15) is 0 Å². The number of halogens is 1. The number of nitrogens with zero attached hydrogens (tertiary/aromatic N) is 3. The fourth-order valence-electron chi connectivity index (χ4n) is 1.90. The molecule has 3 rings (SSSR count). The molecular formula is C14H11BrN4O. The molecule has 5 nitrogen and oxygen atoms in total. The molecule has 0 spiro atoms. The Morgan fingerprint density at radius 1 is 1.20 bits per heavy atom. The van der Waals surface area contributed by atoms with Gasteiger partial charge < -0.3 is 4.98 Å². The van der Waals surface area contributed by atoms with Gasteiger partial charge >= 0.3 is 0 Å². The van der Waals surface area contributed by atoms with Crippen LogP contribution in [0.2, 0.25) is 0 Å². The zero-order valence-electron chi connectivity index (χ0n) is 10.7. The summed E-state index contributed by atoms with van der Waals surface area (Å²) in [6, 6.07) is 9.09. The van der Waals surface area contributed by atoms with Crippen molar-refractivity contribution < 1.29 is 0 Å². The smallest absolute Gasteiger partial charge is 0.251 e. The molecule has 3 aromatic rings. The van der Waals surface area contributed by atoms with Crippen molar-refractivity contribution in [2.45, 2.75) is 0 Å². The van der Waals surface area contributed by atoms with Crippen molar-refractivity contribution in [3.63, 3.8) is 0 Å². The number of aromatic amines is 1. The molecule has 2 heterocycles. The van der Waals surface area contributed by atoms with Gasteiger partial charge in [-0.15, -0.1) is 0 Å². The van der Waals surface area contributed by atoms with Crippen LogP contribution in [0.3, 0.4) is 0 Å². The van der Waals surface area contributed by atoms with Crippen molar-refractivity contribution in [1.29, 1.82) is 0 Å². The predicted octanol–water partition coefficient (Wildman–Crippen LogP) is 2.60. The first-order valence-corrected chi connectivity index (χ1v) is 6.77. The van der Waals surface area contributed by atoms with Gasteiger partial charge in [0.15, 0.2) is 0 Å². The second-order valence-corrected chi connectivity index (χ2v) is 5.30. The second-order valence-electron chi connectivity index (χ2n) is 4.39. The van der Waals surface area contributed by atoms with Crippen molar-refractivity contribution in [2.75, 3.05) is 0 Å². The highest BCUT2D eigenvalue weighted by Gasteiger charge is 2.07. The second kappa shape index (κ2) is 5.05. The average molecular weight is 331 g/mol. The minimum atomic E-state index is -0.184. The van der Waals surface area contributed by atoms with Crippen LogP contribution in [-0.2, 0) is 7.05 Å². The first-order valence-electron chi connectivity index (χ1n) is 5.98. The lowest BCUT2D eigenvalue weighted by atomic mass is 10.2. The molecule has 1 aromatic carbocycles. The summed E-state index contributed by atoms with van der Waals surface area (Å²) in [6.07, 6.45) is 3.51. The molecule has 0 aliphatic heterocycles. The number of nitrogens with one attached hydrogen (secondary N) is 1. The third kappa shape index (κ3) is 2.55. The molecule has 0 fully saturated rings. The maximum Gasteiger partial charge on any atom is 0.251 e. The van der Waals surface area contributed by atoms with E-state index in [-0.39, 0.29) is 5.56 Å². The van der Waals surface area contributed by atoms with E-state index >= 15 is 0 Å². The first-order chi connectivity index (χ1) is 9.61. The van der Waals surface area contributed by atoms with Crippen molar-refractivity contribution in [2.24, 2.45) is 7.05 Å². The van der Waals surface area contributed by atoms with Crippen LogP contribution >= 0.6 is 15.9 Å². The fraction of sp³-hybridized carbons (Fsp3) is 0.0714. The topological polar surface area (TPSA) is 63.6 Å². The van der Waals surface area contributed by atoms with Crippen molar-refractivity contribution in [1.82, 2.24) is 19.7 Å². The minimum Gasteiger partial charge on any atom is -0.306 e. The minimum absolute atomic E-state index is 0.184. The Morgan fingerprint density at radius 3 is 2.60 bits per heavy atom. The Bertz CT molecular complexity index is 805. The van der Waals surface area contributed by atoms with Crippen LogP contribution in [0.4, 0.5) is 0 Å². The molecular weight excluding hydrogens is 320 g/mol. The maximum absolute atomic E-state index is 11.8. The van der Waals surface area contributed by atoms with E-state index in [4.69, 9.17) is 0 Å². The Hall–Kier alpha value is -2.21. The van der Waals surface area contributed by atoms with Crippen LogP contribution in [0.5, 0.6) is 0 Å². The molecule has 1 N–H and O–H groups in total. The number of aryl methyl sites for hydroxylation is 1. The fourth-order valence-corrected chi connectivity index (χ4v) is 2.17. The number of aromatic nitrogens is 4. The average Bonchev–Trinajstić information content (AvgIpc) is 2.85. The molecule has 6 heteroatoms. The molecule has 0 saturated heterocycles. The summed E-state index contributed by atoms with van der Waals surface area (Å²) >= 11 is 3.38. The van der Waals surface area contributed by atoms with Gasteiger partial charge in [-0.1, -0.05) is 28.1 Å². The number of benzene rings is 1. The molecule has 0 radical (unpaired) electrons. The van der Waals surface area contributed by atoms with E-state index in [1.807, 2.05) is 37.5 Å². The van der Waals surface area contributed by atoms with E-state index < -0.39 is 0 Å². The molecule has 0 atom stereocenters. The van der Waals surface area contributed by atoms with Crippen molar-refractivity contribution in [3.05, 3.63) is 57.6 Å². The zero-order chi connectivity index (χ0) is 14.1. The summed E-state index contributed by atoms with van der Waals surface area (Å²) in [5.74, 6) is 0.545. The van der Waals surface area contributed by atoms with E-state index in [9.17, 15) is 4.79 Å². The van der Waals surface area contributed by atoms with E-state index in [1.54, 1.807) is 10.9 Å². The largest absolute Gasteiger partial charge is 0.306 e. The lowest BCUT2D eigenvalue weighted by molar-refractivity contribution is 0.768. The maximum atomic E-state index is 11.8. The Balaban J connectivity index is 2.11. The molecule has 2 aromatic heterocycles. The van der Waals surface area contributed by atoms with E-state index in [2.05, 4.69) is 31.0 Å². The number of rotatable bonds is 2. The highest BCUT2D eigenvalue weighted by atomic mass is 79.9. The van der Waals surface area contributed by atoms with Gasteiger partial charge in [0.2, 0.25) is 0 Å². The van der Waals surface area contributed by atoms with E-state index in [1.165, 1.54) is 6.07 Å². The zero-order valence-corrected chi connectivity index (χ0v) is 12.3. The lowest BCUT2D eigenvalue weighted by Crippen LogP contribution is -2.08. The van der Waals surface area contributed by atoms with Gasteiger partial charge in [0.25, 0.3) is 5.56 Å². The number of hydrogen-bond acceptors (Lipinski definition) is 3. The van der Waals surface area contributed by atoms with E-state index in [0.717, 1.165) is 15.6 Å². The molecule has 20 heavy (non-hydrogen) atoms. The van der Waals surface area contributed by atoms with Gasteiger partial charge in [-0.3, -0.25) is 9.48 Å². The van der Waals surface area contributed by atoms with Crippen LogP contribution in [0, 0.1) is 0 Å². The number of hydrogen-bond donors (Lipinski definition) is 1. The van der Waals surface area contributed by atoms with Gasteiger partial charge in [0.05, 0.1) is 11.9 Å². The monoisotopic (exact) mass is 330 g/mol. The van der Waals surface area contributed by atoms with Crippen LogP contribution in [0.25, 0.3) is 22.6 Å². The number of H-pyrrole nitrogens is 1. The molecule has 0 aliphatic carbocycles. The molecule has 0 bridgehead atoms. The highest BCUT2D eigenvalue weighted by Crippen LogP contribution is 2.20. The predicted molar refractivity (Wildman–Crippen MR) is 80.2 cm³/mol. The van der Waals surface area contributed by atoms with Gasteiger partial charge in [-0.25, -0.2) is 4.98 Å². The summed E-state index contributed by atoms with van der Waals surface area (Å²) in [4.78, 5) is 19.0. The SMILES string of the molecule is Cn1cc(-c2cc(=O)[nH]c(-c3ccc(Br)cc3)n2)cn1. The van der Waals surface area contributed by atoms with Crippen molar-refractivity contribution >= 4 is 15.9 Å². The Labute approximate surface area is 123 Å². The van der Waals surface area contributed by atoms with Gasteiger partial charge in [-0.2, -0.15) is 5.10 Å². The highest BCUT2D eigenvalue weighted by molar-refractivity contribution is 9.10. The van der Waals surface area contributed by atoms with Gasteiger partial charge in [0, 0.05) is 34.9 Å². The van der Waals surface area contributed by atoms with Gasteiger partial charge in [0.1, 0.15) is 5.82 Å². The molecule has 0 saturated carbocycles. The molecule has 0 amide bonds. The summed E-state index contributed by atoms with van der Waals surface area (Å²) in [7, 11) is 1.83. The normalized spacial score (nSPS) is 10.7. The van der Waals surface area contributed by atoms with Crippen LogP contribution < -0.4 is 5.56 Å². The van der Waals surface area contributed by atoms with Crippen LogP contribution in [0.15, 0.2) is 52.0 Å². The summed E-state index contributed by atoms with van der Waals surface area (Å²) < 4.78 is 2.66. The molecule has 100 valence electrons. The first kappa shape index (κ1) is 12.8.